The highest BCUT2D eigenvalue weighted by Gasteiger charge is 2.36. The topological polar surface area (TPSA) is 82.1 Å². The number of hydrogen-bond donors (Lipinski definition) is 1. The predicted molar refractivity (Wildman–Crippen MR) is 127 cm³/mol. The summed E-state index contributed by atoms with van der Waals surface area (Å²) in [5.41, 5.74) is 1.93. The average molecular weight is 467 g/mol. The van der Waals surface area contributed by atoms with Crippen LogP contribution in [0.3, 0.4) is 0 Å². The van der Waals surface area contributed by atoms with Gasteiger partial charge in [0.25, 0.3) is 10.0 Å². The number of rotatable bonds is 4. The number of nitrogens with zero attached hydrogens (tertiary/aromatic N) is 3. The van der Waals surface area contributed by atoms with Gasteiger partial charge in [0, 0.05) is 43.8 Å². The molecule has 2 aromatic carbocycles. The minimum Gasteiger partial charge on any atom is -0.355 e. The molecule has 3 aliphatic heterocycles. The Balaban J connectivity index is 1.21. The molecule has 0 aliphatic carbocycles. The standard InChI is InChI=1S/C25H30N4O3S/c1-18(19-8-3-2-4-9-19)28-15-13-21(17-28)26-25(30)20-10-7-14-29(16-20)24-22-11-5-6-12-23(22)33(31,32)27-24/h2-6,8-9,11-12,18,20-21H,7,10,13-17H2,1H3,(H,26,30). The van der Waals surface area contributed by atoms with E-state index in [2.05, 4.69) is 45.8 Å². The van der Waals surface area contributed by atoms with Gasteiger partial charge in [-0.1, -0.05) is 42.5 Å². The molecule has 2 saturated heterocycles. The molecule has 2 fully saturated rings. The summed E-state index contributed by atoms with van der Waals surface area (Å²) in [5, 5.41) is 3.27. The van der Waals surface area contributed by atoms with Gasteiger partial charge in [-0.2, -0.15) is 8.42 Å². The molecule has 3 aliphatic rings. The highest BCUT2D eigenvalue weighted by molar-refractivity contribution is 7.90. The Labute approximate surface area is 195 Å². The van der Waals surface area contributed by atoms with Gasteiger partial charge in [0.05, 0.1) is 5.92 Å². The summed E-state index contributed by atoms with van der Waals surface area (Å²) in [6.45, 7) is 5.22. The van der Waals surface area contributed by atoms with Gasteiger partial charge in [-0.15, -0.1) is 4.40 Å². The highest BCUT2D eigenvalue weighted by atomic mass is 32.2. The van der Waals surface area contributed by atoms with E-state index in [4.69, 9.17) is 0 Å². The van der Waals surface area contributed by atoms with Gasteiger partial charge < -0.3 is 10.2 Å². The van der Waals surface area contributed by atoms with Gasteiger partial charge in [0.15, 0.2) is 5.84 Å². The number of benzene rings is 2. The molecular weight excluding hydrogens is 436 g/mol. The van der Waals surface area contributed by atoms with Crippen molar-refractivity contribution >= 4 is 21.8 Å². The molecule has 0 saturated carbocycles. The fraction of sp³-hybridized carbons (Fsp3) is 0.440. The number of amides is 1. The zero-order valence-electron chi connectivity index (χ0n) is 18.9. The number of hydrogen-bond acceptors (Lipinski definition) is 5. The molecule has 5 rings (SSSR count). The van der Waals surface area contributed by atoms with Crippen LogP contribution in [0.1, 0.15) is 43.4 Å². The molecule has 3 heterocycles. The monoisotopic (exact) mass is 466 g/mol. The lowest BCUT2D eigenvalue weighted by Crippen LogP contribution is -2.48. The summed E-state index contributed by atoms with van der Waals surface area (Å²) in [6.07, 6.45) is 2.58. The van der Waals surface area contributed by atoms with Crippen LogP contribution in [0, 0.1) is 5.92 Å². The maximum atomic E-state index is 13.1. The van der Waals surface area contributed by atoms with E-state index in [0.717, 1.165) is 32.4 Å². The van der Waals surface area contributed by atoms with Crippen molar-refractivity contribution in [3.8, 4) is 0 Å². The number of carbonyl (C=O) groups excluding carboxylic acids is 1. The summed E-state index contributed by atoms with van der Waals surface area (Å²) in [7, 11) is -3.66. The van der Waals surface area contributed by atoms with E-state index in [1.54, 1.807) is 18.2 Å². The van der Waals surface area contributed by atoms with Crippen molar-refractivity contribution in [1.82, 2.24) is 15.1 Å². The first kappa shape index (κ1) is 22.1. The van der Waals surface area contributed by atoms with Crippen LogP contribution in [-0.2, 0) is 14.8 Å². The summed E-state index contributed by atoms with van der Waals surface area (Å²) in [4.78, 5) is 17.8. The first-order valence-corrected chi connectivity index (χ1v) is 13.1. The Morgan fingerprint density at radius 1 is 1.03 bits per heavy atom. The zero-order valence-corrected chi connectivity index (χ0v) is 19.7. The molecule has 7 nitrogen and oxygen atoms in total. The van der Waals surface area contributed by atoms with Crippen molar-refractivity contribution in [3.63, 3.8) is 0 Å². The van der Waals surface area contributed by atoms with Crippen molar-refractivity contribution < 1.29 is 13.2 Å². The van der Waals surface area contributed by atoms with Crippen LogP contribution in [0.2, 0.25) is 0 Å². The third-order valence-corrected chi connectivity index (χ3v) is 8.43. The van der Waals surface area contributed by atoms with E-state index >= 15 is 0 Å². The molecule has 174 valence electrons. The van der Waals surface area contributed by atoms with Gasteiger partial charge in [0.2, 0.25) is 5.91 Å². The van der Waals surface area contributed by atoms with Crippen molar-refractivity contribution in [2.75, 3.05) is 26.2 Å². The van der Waals surface area contributed by atoms with E-state index in [-0.39, 0.29) is 22.8 Å². The van der Waals surface area contributed by atoms with E-state index < -0.39 is 10.0 Å². The number of fused-ring (bicyclic) bond motifs is 1. The fourth-order valence-corrected chi connectivity index (χ4v) is 6.45. The number of nitrogens with one attached hydrogen (secondary N) is 1. The lowest BCUT2D eigenvalue weighted by atomic mass is 9.96. The summed E-state index contributed by atoms with van der Waals surface area (Å²) >= 11 is 0. The van der Waals surface area contributed by atoms with E-state index in [9.17, 15) is 13.2 Å². The molecule has 33 heavy (non-hydrogen) atoms. The van der Waals surface area contributed by atoms with Crippen LogP contribution in [0.25, 0.3) is 0 Å². The van der Waals surface area contributed by atoms with Gasteiger partial charge in [0.1, 0.15) is 4.90 Å². The molecule has 1 N–H and O–H groups in total. The molecule has 2 aromatic rings. The largest absolute Gasteiger partial charge is 0.355 e. The first-order valence-electron chi connectivity index (χ1n) is 11.7. The minimum absolute atomic E-state index is 0.0636. The van der Waals surface area contributed by atoms with Gasteiger partial charge in [-0.05, 0) is 43.9 Å². The number of likely N-dealkylation sites (tertiary alicyclic amines) is 2. The van der Waals surface area contributed by atoms with E-state index in [0.29, 0.717) is 30.5 Å². The van der Waals surface area contributed by atoms with Gasteiger partial charge >= 0.3 is 0 Å². The lowest BCUT2D eigenvalue weighted by Gasteiger charge is -2.34. The quantitative estimate of drug-likeness (QED) is 0.749. The maximum absolute atomic E-state index is 13.1. The smallest absolute Gasteiger partial charge is 0.285 e. The van der Waals surface area contributed by atoms with Crippen LogP contribution in [0.5, 0.6) is 0 Å². The van der Waals surface area contributed by atoms with Crippen molar-refractivity contribution in [3.05, 3.63) is 65.7 Å². The second-order valence-electron chi connectivity index (χ2n) is 9.25. The van der Waals surface area contributed by atoms with Crippen LogP contribution < -0.4 is 5.32 Å². The Hall–Kier alpha value is -2.71. The number of amidine groups is 1. The normalized spacial score (nSPS) is 25.4. The second-order valence-corrected chi connectivity index (χ2v) is 10.8. The Kier molecular flexibility index (Phi) is 5.97. The molecule has 0 aromatic heterocycles. The fourth-order valence-electron chi connectivity index (χ4n) is 5.22. The Bertz CT molecular complexity index is 1170. The lowest BCUT2D eigenvalue weighted by molar-refractivity contribution is -0.126. The zero-order chi connectivity index (χ0) is 23.0. The second kappa shape index (κ2) is 8.91. The van der Waals surface area contributed by atoms with Gasteiger partial charge in [-0.3, -0.25) is 9.69 Å². The van der Waals surface area contributed by atoms with Gasteiger partial charge in [-0.25, -0.2) is 0 Å². The molecule has 3 unspecified atom stereocenters. The summed E-state index contributed by atoms with van der Waals surface area (Å²) in [6, 6.07) is 17.8. The summed E-state index contributed by atoms with van der Waals surface area (Å²) < 4.78 is 28.9. The first-order chi connectivity index (χ1) is 15.9. The van der Waals surface area contributed by atoms with Crippen molar-refractivity contribution in [2.24, 2.45) is 10.3 Å². The number of sulfonamides is 1. The maximum Gasteiger partial charge on any atom is 0.285 e. The highest BCUT2D eigenvalue weighted by Crippen LogP contribution is 2.30. The van der Waals surface area contributed by atoms with Crippen LogP contribution in [0.4, 0.5) is 0 Å². The molecular formula is C25H30N4O3S. The SMILES string of the molecule is CC(c1ccccc1)N1CCC(NC(=O)C2CCCN(C3=NS(=O)(=O)c4ccccc43)C2)C1. The molecule has 3 atom stereocenters. The third kappa shape index (κ3) is 4.42. The van der Waals surface area contributed by atoms with Crippen molar-refractivity contribution in [2.45, 2.75) is 43.2 Å². The Morgan fingerprint density at radius 2 is 1.79 bits per heavy atom. The van der Waals surface area contributed by atoms with Crippen LogP contribution >= 0.6 is 0 Å². The van der Waals surface area contributed by atoms with Crippen LogP contribution in [-0.4, -0.2) is 62.2 Å². The average Bonchev–Trinajstić information content (AvgIpc) is 3.41. The molecule has 0 radical (unpaired) electrons. The minimum atomic E-state index is -3.66. The molecule has 0 spiro atoms. The molecule has 8 heteroatoms. The Morgan fingerprint density at radius 3 is 2.61 bits per heavy atom. The van der Waals surface area contributed by atoms with Crippen molar-refractivity contribution in [1.29, 1.82) is 0 Å². The van der Waals surface area contributed by atoms with Crippen LogP contribution in [0.15, 0.2) is 63.9 Å². The van der Waals surface area contributed by atoms with E-state index in [1.165, 1.54) is 5.56 Å². The number of carbonyl (C=O) groups is 1. The summed E-state index contributed by atoms with van der Waals surface area (Å²) in [5.74, 6) is 0.373. The molecule has 0 bridgehead atoms. The molecule has 1 amide bonds. The number of piperidine rings is 1. The predicted octanol–water partition coefficient (Wildman–Crippen LogP) is 2.80. The van der Waals surface area contributed by atoms with E-state index in [1.807, 2.05) is 17.0 Å². The third-order valence-electron chi connectivity index (χ3n) is 7.10.